The molecule has 0 bridgehead atoms. The summed E-state index contributed by atoms with van der Waals surface area (Å²) in [5.74, 6) is 0.170. The van der Waals surface area contributed by atoms with Gasteiger partial charge in [-0.05, 0) is 62.5 Å². The van der Waals surface area contributed by atoms with Gasteiger partial charge in [0, 0.05) is 25.3 Å². The number of halogens is 1. The van der Waals surface area contributed by atoms with Gasteiger partial charge >= 0.3 is 5.97 Å². The van der Waals surface area contributed by atoms with Crippen molar-refractivity contribution in [2.45, 2.75) is 57.3 Å². The second-order valence-electron chi connectivity index (χ2n) is 11.1. The topological polar surface area (TPSA) is 98.9 Å². The van der Waals surface area contributed by atoms with E-state index in [1.807, 2.05) is 37.3 Å². The molecule has 9 nitrogen and oxygen atoms in total. The molecule has 3 atom stereocenters. The Bertz CT molecular complexity index is 1580. The third-order valence-corrected chi connectivity index (χ3v) is 9.65. The minimum atomic E-state index is -1.02. The van der Waals surface area contributed by atoms with Crippen molar-refractivity contribution in [1.82, 2.24) is 19.4 Å². The molecule has 0 radical (unpaired) electrons. The van der Waals surface area contributed by atoms with Crippen molar-refractivity contribution in [3.8, 4) is 5.75 Å². The summed E-state index contributed by atoms with van der Waals surface area (Å²) in [4.78, 5) is 24.5. The predicted octanol–water partition coefficient (Wildman–Crippen LogP) is 5.87. The van der Waals surface area contributed by atoms with Crippen LogP contribution in [0, 0.1) is 5.92 Å². The SMILES string of the molecule is C[C@@]1(c2ccc(Cl)cn2)Oc2ccccc2C(C2CCN(Cc3nc4sc(C(=O)O)cc4n3C[C@@H]3CCO3)CC2)O1. The maximum absolute atomic E-state index is 11.6. The number of carboxylic acid groups (broad SMARTS) is 1. The lowest BCUT2D eigenvalue weighted by molar-refractivity contribution is -0.244. The summed E-state index contributed by atoms with van der Waals surface area (Å²) in [5, 5.41) is 10.0. The van der Waals surface area contributed by atoms with Gasteiger partial charge in [-0.1, -0.05) is 29.8 Å². The Hall–Kier alpha value is -3.02. The van der Waals surface area contributed by atoms with E-state index in [0.29, 0.717) is 34.6 Å². The summed E-state index contributed by atoms with van der Waals surface area (Å²) >= 11 is 7.33. The lowest BCUT2D eigenvalue weighted by atomic mass is 9.86. The molecule has 4 aromatic rings. The van der Waals surface area contributed by atoms with E-state index in [1.165, 1.54) is 11.3 Å². The summed E-state index contributed by atoms with van der Waals surface area (Å²) in [6, 6.07) is 13.5. The number of para-hydroxylation sites is 1. The lowest BCUT2D eigenvalue weighted by Crippen LogP contribution is -2.43. The molecule has 3 aliphatic heterocycles. The third kappa shape index (κ3) is 5.12. The fourth-order valence-electron chi connectivity index (χ4n) is 6.09. The van der Waals surface area contributed by atoms with Crippen LogP contribution in [0.2, 0.25) is 5.02 Å². The molecule has 2 fully saturated rings. The number of ether oxygens (including phenoxy) is 3. The zero-order valence-electron chi connectivity index (χ0n) is 22.7. The van der Waals surface area contributed by atoms with Crippen molar-refractivity contribution < 1.29 is 24.1 Å². The van der Waals surface area contributed by atoms with Crippen molar-refractivity contribution in [1.29, 1.82) is 0 Å². The van der Waals surface area contributed by atoms with E-state index in [1.54, 1.807) is 12.3 Å². The quantitative estimate of drug-likeness (QED) is 0.284. The Morgan fingerprint density at radius 2 is 2.00 bits per heavy atom. The summed E-state index contributed by atoms with van der Waals surface area (Å²) < 4.78 is 21.0. The highest BCUT2D eigenvalue weighted by atomic mass is 35.5. The summed E-state index contributed by atoms with van der Waals surface area (Å²) in [6.07, 6.45) is 4.59. The second kappa shape index (κ2) is 10.7. The summed E-state index contributed by atoms with van der Waals surface area (Å²) in [5.41, 5.74) is 2.64. The van der Waals surface area contributed by atoms with Crippen LogP contribution in [0.3, 0.4) is 0 Å². The third-order valence-electron chi connectivity index (χ3n) is 8.42. The molecule has 2 saturated heterocycles. The number of hydrogen-bond donors (Lipinski definition) is 1. The molecule has 3 aromatic heterocycles. The van der Waals surface area contributed by atoms with Crippen molar-refractivity contribution in [3.63, 3.8) is 0 Å². The minimum absolute atomic E-state index is 0.123. The molecule has 3 aliphatic rings. The first-order chi connectivity index (χ1) is 19.9. The van der Waals surface area contributed by atoms with Crippen LogP contribution in [-0.4, -0.2) is 56.3 Å². The standard InChI is InChI=1S/C30H31ClN4O5S/c1-30(25-7-6-19(31)15-32-25)39-23-5-3-2-4-21(23)27(40-30)18-8-11-34(12-9-18)17-26-33-28-22(14-24(41-28)29(36)37)35(26)16-20-10-13-38-20/h2-7,14-15,18,20,27H,8-13,16-17H2,1H3,(H,36,37)/t20-,27?,30+/m0/s1. The fourth-order valence-corrected chi connectivity index (χ4v) is 7.10. The highest BCUT2D eigenvalue weighted by molar-refractivity contribution is 7.20. The number of aromatic nitrogens is 3. The number of hydrogen-bond acceptors (Lipinski definition) is 8. The maximum atomic E-state index is 11.6. The number of fused-ring (bicyclic) bond motifs is 2. The average molecular weight is 595 g/mol. The molecular weight excluding hydrogens is 564 g/mol. The Morgan fingerprint density at radius 3 is 2.71 bits per heavy atom. The second-order valence-corrected chi connectivity index (χ2v) is 12.6. The molecule has 0 spiro atoms. The van der Waals surface area contributed by atoms with Gasteiger partial charge in [-0.15, -0.1) is 11.3 Å². The van der Waals surface area contributed by atoms with E-state index in [-0.39, 0.29) is 12.2 Å². The number of pyridine rings is 1. The summed E-state index contributed by atoms with van der Waals surface area (Å²) in [7, 11) is 0. The Morgan fingerprint density at radius 1 is 1.20 bits per heavy atom. The monoisotopic (exact) mass is 594 g/mol. The normalized spacial score (nSPS) is 25.0. The number of likely N-dealkylation sites (tertiary alicyclic amines) is 1. The average Bonchev–Trinajstić information content (AvgIpc) is 3.49. The molecular formula is C30H31ClN4O5S. The molecule has 0 aliphatic carbocycles. The van der Waals surface area contributed by atoms with Gasteiger partial charge in [0.2, 0.25) is 0 Å². The molecule has 11 heteroatoms. The van der Waals surface area contributed by atoms with Gasteiger partial charge in [-0.3, -0.25) is 9.88 Å². The largest absolute Gasteiger partial charge is 0.477 e. The highest BCUT2D eigenvalue weighted by Gasteiger charge is 2.44. The number of carboxylic acids is 1. The number of aromatic carboxylic acids is 1. The van der Waals surface area contributed by atoms with E-state index >= 15 is 0 Å². The van der Waals surface area contributed by atoms with Gasteiger partial charge in [0.15, 0.2) is 0 Å². The first-order valence-corrected chi connectivity index (χ1v) is 15.2. The van der Waals surface area contributed by atoms with Crippen LogP contribution in [0.5, 0.6) is 5.75 Å². The Labute approximate surface area is 246 Å². The van der Waals surface area contributed by atoms with Gasteiger partial charge in [0.1, 0.15) is 27.0 Å². The first-order valence-electron chi connectivity index (χ1n) is 14.0. The van der Waals surface area contributed by atoms with Crippen LogP contribution in [0.15, 0.2) is 48.7 Å². The molecule has 1 unspecified atom stereocenters. The van der Waals surface area contributed by atoms with Crippen LogP contribution >= 0.6 is 22.9 Å². The lowest BCUT2D eigenvalue weighted by Gasteiger charge is -2.44. The first kappa shape index (κ1) is 26.9. The van der Waals surface area contributed by atoms with Crippen LogP contribution in [0.25, 0.3) is 10.3 Å². The number of carbonyl (C=O) groups is 1. The van der Waals surface area contributed by atoms with Gasteiger partial charge in [-0.2, -0.15) is 0 Å². The number of nitrogens with zero attached hydrogens (tertiary/aromatic N) is 4. The van der Waals surface area contributed by atoms with Gasteiger partial charge < -0.3 is 23.9 Å². The number of rotatable bonds is 7. The molecule has 1 N–H and O–H groups in total. The summed E-state index contributed by atoms with van der Waals surface area (Å²) in [6.45, 7) is 5.92. The number of piperidine rings is 1. The van der Waals surface area contributed by atoms with Crippen molar-refractivity contribution >= 4 is 39.3 Å². The van der Waals surface area contributed by atoms with Crippen LogP contribution < -0.4 is 4.74 Å². The molecule has 6 heterocycles. The number of thiophene rings is 1. The predicted molar refractivity (Wildman–Crippen MR) is 154 cm³/mol. The van der Waals surface area contributed by atoms with E-state index in [9.17, 15) is 9.90 Å². The molecule has 0 saturated carbocycles. The van der Waals surface area contributed by atoms with E-state index < -0.39 is 11.8 Å². The van der Waals surface area contributed by atoms with Crippen LogP contribution in [-0.2, 0) is 28.4 Å². The zero-order chi connectivity index (χ0) is 28.1. The van der Waals surface area contributed by atoms with E-state index in [0.717, 1.165) is 66.4 Å². The van der Waals surface area contributed by atoms with Crippen molar-refractivity contribution in [3.05, 3.63) is 75.6 Å². The molecule has 41 heavy (non-hydrogen) atoms. The van der Waals surface area contributed by atoms with E-state index in [4.69, 9.17) is 30.8 Å². The van der Waals surface area contributed by atoms with E-state index in [2.05, 4.69) is 20.5 Å². The minimum Gasteiger partial charge on any atom is -0.477 e. The molecule has 1 aromatic carbocycles. The molecule has 7 rings (SSSR count). The van der Waals surface area contributed by atoms with Crippen molar-refractivity contribution in [2.24, 2.45) is 5.92 Å². The zero-order valence-corrected chi connectivity index (χ0v) is 24.2. The van der Waals surface area contributed by atoms with Gasteiger partial charge in [0.25, 0.3) is 5.79 Å². The maximum Gasteiger partial charge on any atom is 0.346 e. The van der Waals surface area contributed by atoms with Gasteiger partial charge in [0.05, 0.1) is 35.8 Å². The number of benzene rings is 1. The van der Waals surface area contributed by atoms with Gasteiger partial charge in [-0.25, -0.2) is 9.78 Å². The van der Waals surface area contributed by atoms with Crippen LogP contribution in [0.1, 0.15) is 59.0 Å². The van der Waals surface area contributed by atoms with Crippen molar-refractivity contribution in [2.75, 3.05) is 19.7 Å². The molecule has 0 amide bonds. The highest BCUT2D eigenvalue weighted by Crippen LogP contribution is 2.48. The Kier molecular flexibility index (Phi) is 6.99. The fraction of sp³-hybridized carbons (Fsp3) is 0.433. The smallest absolute Gasteiger partial charge is 0.346 e. The number of imidazole rings is 1. The Balaban J connectivity index is 1.09. The molecule has 214 valence electrons. The van der Waals surface area contributed by atoms with Crippen LogP contribution in [0.4, 0.5) is 0 Å².